The van der Waals surface area contributed by atoms with E-state index in [0.29, 0.717) is 36.8 Å². The SMILES string of the molecule is CCN(CC1CCCCC1)c1ccc(C(F)(F)F)cc1CN(Cc1cc(C(F)(F)F)cc(C(F)(F)F)c1)c1nnn(C)n1. The minimum atomic E-state index is -5.07. The summed E-state index contributed by atoms with van der Waals surface area (Å²) in [6.45, 7) is 2.03. The van der Waals surface area contributed by atoms with Crippen LogP contribution in [0.25, 0.3) is 0 Å². The van der Waals surface area contributed by atoms with Crippen LogP contribution in [-0.4, -0.2) is 33.3 Å². The quantitative estimate of drug-likeness (QED) is 0.227. The van der Waals surface area contributed by atoms with Gasteiger partial charge in [-0.1, -0.05) is 24.4 Å². The predicted molar refractivity (Wildman–Crippen MR) is 141 cm³/mol. The summed E-state index contributed by atoms with van der Waals surface area (Å²) in [7, 11) is 1.40. The molecule has 1 aliphatic rings. The zero-order chi connectivity index (χ0) is 31.6. The van der Waals surface area contributed by atoms with Gasteiger partial charge in [-0.05, 0) is 78.4 Å². The van der Waals surface area contributed by atoms with Crippen molar-refractivity contribution < 1.29 is 39.5 Å². The lowest BCUT2D eigenvalue weighted by Crippen LogP contribution is -2.32. The van der Waals surface area contributed by atoms with Crippen LogP contribution in [-0.2, 0) is 38.7 Å². The van der Waals surface area contributed by atoms with Crippen molar-refractivity contribution in [3.63, 3.8) is 0 Å². The fraction of sp³-hybridized carbons (Fsp3) is 0.536. The number of tetrazole rings is 1. The Balaban J connectivity index is 1.78. The van der Waals surface area contributed by atoms with E-state index < -0.39 is 41.8 Å². The van der Waals surface area contributed by atoms with Gasteiger partial charge in [-0.15, -0.1) is 5.10 Å². The van der Waals surface area contributed by atoms with Crippen molar-refractivity contribution in [1.29, 1.82) is 0 Å². The molecule has 1 aliphatic carbocycles. The van der Waals surface area contributed by atoms with Crippen LogP contribution >= 0.6 is 0 Å². The first-order valence-corrected chi connectivity index (χ1v) is 13.8. The summed E-state index contributed by atoms with van der Waals surface area (Å²) < 4.78 is 123. The van der Waals surface area contributed by atoms with Crippen molar-refractivity contribution in [2.24, 2.45) is 13.0 Å². The van der Waals surface area contributed by atoms with Crippen LogP contribution in [0, 0.1) is 5.92 Å². The minimum absolute atomic E-state index is 0.0176. The first-order chi connectivity index (χ1) is 20.0. The molecule has 6 nitrogen and oxygen atoms in total. The van der Waals surface area contributed by atoms with Crippen molar-refractivity contribution >= 4 is 11.6 Å². The second-order valence-corrected chi connectivity index (χ2v) is 10.7. The van der Waals surface area contributed by atoms with Crippen LogP contribution in [0.2, 0.25) is 0 Å². The molecule has 0 atom stereocenters. The Kier molecular flexibility index (Phi) is 9.50. The highest BCUT2D eigenvalue weighted by Gasteiger charge is 2.37. The van der Waals surface area contributed by atoms with Gasteiger partial charge in [0.15, 0.2) is 0 Å². The number of hydrogen-bond donors (Lipinski definition) is 0. The highest BCUT2D eigenvalue weighted by Crippen LogP contribution is 2.38. The Bertz CT molecular complexity index is 1340. The molecule has 0 spiro atoms. The maximum atomic E-state index is 13.8. The molecular formula is C28H31F9N6. The average Bonchev–Trinajstić information content (AvgIpc) is 3.36. The number of hydrogen-bond acceptors (Lipinski definition) is 5. The molecule has 1 aromatic heterocycles. The van der Waals surface area contributed by atoms with Crippen LogP contribution in [0.5, 0.6) is 0 Å². The van der Waals surface area contributed by atoms with Gasteiger partial charge in [-0.2, -0.15) is 44.3 Å². The molecule has 1 heterocycles. The number of halogens is 9. The smallest absolute Gasteiger partial charge is 0.371 e. The van der Waals surface area contributed by atoms with Crippen LogP contribution in [0.4, 0.5) is 51.1 Å². The molecular weight excluding hydrogens is 591 g/mol. The van der Waals surface area contributed by atoms with E-state index in [1.807, 2.05) is 11.8 Å². The van der Waals surface area contributed by atoms with E-state index in [1.54, 1.807) is 0 Å². The molecule has 236 valence electrons. The Morgan fingerprint density at radius 2 is 1.37 bits per heavy atom. The van der Waals surface area contributed by atoms with E-state index in [4.69, 9.17) is 0 Å². The summed E-state index contributed by atoms with van der Waals surface area (Å²) in [6, 6.07) is 4.45. The second kappa shape index (κ2) is 12.6. The summed E-state index contributed by atoms with van der Waals surface area (Å²) in [4.78, 5) is 4.21. The molecule has 2 aromatic carbocycles. The predicted octanol–water partition coefficient (Wildman–Crippen LogP) is 7.88. The molecule has 4 rings (SSSR count). The molecule has 0 saturated heterocycles. The van der Waals surface area contributed by atoms with Crippen molar-refractivity contribution in [2.45, 2.75) is 70.6 Å². The number of rotatable bonds is 9. The van der Waals surface area contributed by atoms with E-state index in [9.17, 15) is 39.5 Å². The third-order valence-electron chi connectivity index (χ3n) is 7.50. The Morgan fingerprint density at radius 3 is 1.88 bits per heavy atom. The molecule has 43 heavy (non-hydrogen) atoms. The van der Waals surface area contributed by atoms with Crippen LogP contribution < -0.4 is 9.80 Å². The zero-order valence-corrected chi connectivity index (χ0v) is 23.5. The lowest BCUT2D eigenvalue weighted by molar-refractivity contribution is -0.143. The van der Waals surface area contributed by atoms with Crippen molar-refractivity contribution in [2.75, 3.05) is 22.9 Å². The molecule has 0 amide bonds. The van der Waals surface area contributed by atoms with E-state index in [-0.39, 0.29) is 29.7 Å². The van der Waals surface area contributed by atoms with Gasteiger partial charge in [0, 0.05) is 31.9 Å². The topological polar surface area (TPSA) is 50.1 Å². The van der Waals surface area contributed by atoms with Gasteiger partial charge in [0.2, 0.25) is 0 Å². The standard InChI is InChI=1S/C28H31F9N6/c1-3-42(15-18-7-5-4-6-8-18)24-10-9-21(26(29,30)31)13-20(24)17-43(25-38-40-41(2)39-25)16-19-11-22(27(32,33)34)14-23(12-19)28(35,36)37/h9-14,18H,3-8,15-17H2,1-2H3. The molecule has 0 radical (unpaired) electrons. The van der Waals surface area contributed by atoms with Crippen molar-refractivity contribution in [3.05, 3.63) is 64.2 Å². The fourth-order valence-corrected chi connectivity index (χ4v) is 5.41. The fourth-order valence-electron chi connectivity index (χ4n) is 5.41. The molecule has 1 saturated carbocycles. The molecule has 1 fully saturated rings. The monoisotopic (exact) mass is 622 g/mol. The largest absolute Gasteiger partial charge is 0.416 e. The Hall–Kier alpha value is -3.52. The molecule has 0 aliphatic heterocycles. The normalized spacial score (nSPS) is 15.1. The van der Waals surface area contributed by atoms with Gasteiger partial charge < -0.3 is 9.80 Å². The third-order valence-corrected chi connectivity index (χ3v) is 7.50. The highest BCUT2D eigenvalue weighted by atomic mass is 19.4. The van der Waals surface area contributed by atoms with Crippen LogP contribution in [0.1, 0.15) is 66.8 Å². The second-order valence-electron chi connectivity index (χ2n) is 10.7. The van der Waals surface area contributed by atoms with E-state index >= 15 is 0 Å². The van der Waals surface area contributed by atoms with Gasteiger partial charge >= 0.3 is 18.5 Å². The number of aromatic nitrogens is 4. The first-order valence-electron chi connectivity index (χ1n) is 13.8. The van der Waals surface area contributed by atoms with Gasteiger partial charge in [0.05, 0.1) is 23.7 Å². The van der Waals surface area contributed by atoms with E-state index in [1.165, 1.54) is 18.0 Å². The summed E-state index contributed by atoms with van der Waals surface area (Å²) in [5.74, 6) is 0.166. The van der Waals surface area contributed by atoms with E-state index in [0.717, 1.165) is 49.0 Å². The lowest BCUT2D eigenvalue weighted by atomic mass is 9.88. The average molecular weight is 623 g/mol. The van der Waals surface area contributed by atoms with Gasteiger partial charge in [0.1, 0.15) is 0 Å². The lowest BCUT2D eigenvalue weighted by Gasteiger charge is -2.33. The Labute approximate surface area is 242 Å². The van der Waals surface area contributed by atoms with Gasteiger partial charge in [-0.25, -0.2) is 0 Å². The minimum Gasteiger partial charge on any atom is -0.371 e. The number of anilines is 2. The molecule has 15 heteroatoms. The van der Waals surface area contributed by atoms with Gasteiger partial charge in [-0.3, -0.25) is 0 Å². The van der Waals surface area contributed by atoms with Crippen LogP contribution in [0.15, 0.2) is 36.4 Å². The summed E-state index contributed by atoms with van der Waals surface area (Å²) >= 11 is 0. The number of aryl methyl sites for hydroxylation is 1. The molecule has 0 bridgehead atoms. The first kappa shape index (κ1) is 32.4. The molecule has 0 N–H and O–H groups in total. The van der Waals surface area contributed by atoms with E-state index in [2.05, 4.69) is 15.4 Å². The van der Waals surface area contributed by atoms with Crippen molar-refractivity contribution in [3.8, 4) is 0 Å². The summed E-state index contributed by atoms with van der Waals surface area (Å²) in [5.41, 5.74) is -3.68. The number of benzene rings is 2. The summed E-state index contributed by atoms with van der Waals surface area (Å²) in [5, 5.41) is 11.6. The number of alkyl halides is 9. The Morgan fingerprint density at radius 1 is 0.767 bits per heavy atom. The van der Waals surface area contributed by atoms with Gasteiger partial charge in [0.25, 0.3) is 5.95 Å². The number of nitrogens with zero attached hydrogens (tertiary/aromatic N) is 6. The molecule has 0 unspecified atom stereocenters. The molecule has 3 aromatic rings. The maximum Gasteiger partial charge on any atom is 0.416 e. The van der Waals surface area contributed by atoms with Crippen LogP contribution in [0.3, 0.4) is 0 Å². The zero-order valence-electron chi connectivity index (χ0n) is 23.5. The summed E-state index contributed by atoms with van der Waals surface area (Å²) in [6.07, 6.45) is -9.61. The van der Waals surface area contributed by atoms with Crippen molar-refractivity contribution in [1.82, 2.24) is 20.2 Å². The maximum absolute atomic E-state index is 13.8. The highest BCUT2D eigenvalue weighted by molar-refractivity contribution is 5.57. The third kappa shape index (κ3) is 8.31.